The zero-order valence-electron chi connectivity index (χ0n) is 22.6. The van der Waals surface area contributed by atoms with E-state index in [4.69, 9.17) is 17.7 Å². The maximum Gasteiger partial charge on any atom is 0.493 e. The Balaban J connectivity index is 0.000000122. The fraction of sp³-hybridized carbons (Fsp3) is 0. The summed E-state index contributed by atoms with van der Waals surface area (Å²) in [6.07, 6.45) is 0. The van der Waals surface area contributed by atoms with Crippen molar-refractivity contribution >= 4 is 100 Å². The Bertz CT molecular complexity index is 2570. The highest BCUT2D eigenvalue weighted by molar-refractivity contribution is 6.66. The molecule has 0 unspecified atom stereocenters. The van der Waals surface area contributed by atoms with E-state index < -0.39 is 7.12 Å². The van der Waals surface area contributed by atoms with E-state index in [1.54, 1.807) is 0 Å². The predicted molar refractivity (Wildman–Crippen MR) is 172 cm³/mol. The molecule has 43 heavy (non-hydrogen) atoms. The van der Waals surface area contributed by atoms with Gasteiger partial charge in [0.25, 0.3) is 0 Å². The molecule has 0 radical (unpaired) electrons. The molecule has 0 saturated carbocycles. The molecule has 0 aliphatic rings. The van der Waals surface area contributed by atoms with Crippen LogP contribution in [0.4, 0.5) is 0 Å². The van der Waals surface area contributed by atoms with Gasteiger partial charge in [0.05, 0.1) is 0 Å². The molecule has 0 aliphatic heterocycles. The second-order valence-corrected chi connectivity index (χ2v) is 10.7. The zero-order valence-corrected chi connectivity index (χ0v) is 22.6. The van der Waals surface area contributed by atoms with E-state index in [1.165, 1.54) is 0 Å². The van der Waals surface area contributed by atoms with E-state index >= 15 is 0 Å². The van der Waals surface area contributed by atoms with E-state index in [0.29, 0.717) is 33.2 Å². The third-order valence-electron chi connectivity index (χ3n) is 8.18. The van der Waals surface area contributed by atoms with E-state index in [9.17, 15) is 10.0 Å². The summed E-state index contributed by atoms with van der Waals surface area (Å²) in [5.41, 5.74) is 6.52. The van der Waals surface area contributed by atoms with E-state index in [-0.39, 0.29) is 0 Å². The Morgan fingerprint density at radius 1 is 0.372 bits per heavy atom. The average molecular weight is 560 g/mol. The second kappa shape index (κ2) is 9.00. The first-order valence-electron chi connectivity index (χ1n) is 14.0. The van der Waals surface area contributed by atoms with Crippen molar-refractivity contribution in [3.05, 3.63) is 115 Å². The minimum Gasteiger partial charge on any atom is -0.456 e. The number of para-hydroxylation sites is 4. The Hall–Kier alpha value is -5.50. The highest BCUT2D eigenvalue weighted by Gasteiger charge is 2.26. The summed E-state index contributed by atoms with van der Waals surface area (Å²) in [7, 11) is -1.65. The van der Waals surface area contributed by atoms with Crippen LogP contribution >= 0.6 is 0 Å². The van der Waals surface area contributed by atoms with Crippen LogP contribution < -0.4 is 5.46 Å². The third kappa shape index (κ3) is 3.56. The van der Waals surface area contributed by atoms with Crippen molar-refractivity contribution in [3.8, 4) is 0 Å². The van der Waals surface area contributed by atoms with Gasteiger partial charge < -0.3 is 27.7 Å². The van der Waals surface area contributed by atoms with Crippen molar-refractivity contribution in [2.24, 2.45) is 0 Å². The molecule has 0 amide bonds. The van der Waals surface area contributed by atoms with Crippen molar-refractivity contribution in [1.29, 1.82) is 0 Å². The fourth-order valence-electron chi connectivity index (χ4n) is 6.29. The number of rotatable bonds is 1. The molecule has 0 atom stereocenters. The van der Waals surface area contributed by atoms with Crippen LogP contribution in [0.3, 0.4) is 0 Å². The van der Waals surface area contributed by atoms with Crippen molar-refractivity contribution < 1.29 is 27.7 Å². The van der Waals surface area contributed by atoms with Gasteiger partial charge in [0, 0.05) is 48.6 Å². The van der Waals surface area contributed by atoms with Crippen molar-refractivity contribution in [2.45, 2.75) is 0 Å². The summed E-state index contributed by atoms with van der Waals surface area (Å²) in [5.74, 6) is 0. The summed E-state index contributed by atoms with van der Waals surface area (Å²) in [6.45, 7) is 0. The lowest BCUT2D eigenvalue weighted by Gasteiger charge is -2.03. The standard InChI is InChI=1S/C18H11BO4.C18H10O2/c20-19(21)17-16-11-6-2-4-8-14(11)22-15(16)9-12-10-5-1-3-7-13(10)23-18(12)17;1-3-7-15-11(5-1)13-9-18-14(10-17(13)19-15)12-6-2-4-8-16(12)20-18/h1-9,20-21H;1-10H. The maximum absolute atomic E-state index is 9.98. The summed E-state index contributed by atoms with van der Waals surface area (Å²) in [5, 5.41) is 27.7. The van der Waals surface area contributed by atoms with Crippen LogP contribution in [-0.2, 0) is 0 Å². The van der Waals surface area contributed by atoms with E-state index in [1.807, 2.05) is 91.0 Å². The molecular weight excluding hydrogens is 539 g/mol. The topological polar surface area (TPSA) is 93.0 Å². The molecule has 6 nitrogen and oxygen atoms in total. The van der Waals surface area contributed by atoms with Gasteiger partial charge in [0.15, 0.2) is 0 Å². The Morgan fingerprint density at radius 2 is 0.767 bits per heavy atom. The van der Waals surface area contributed by atoms with Crippen LogP contribution in [0, 0.1) is 0 Å². The fourth-order valence-corrected chi connectivity index (χ4v) is 6.29. The molecule has 4 heterocycles. The Kier molecular flexibility index (Phi) is 5.05. The molecule has 0 aliphatic carbocycles. The first-order valence-corrected chi connectivity index (χ1v) is 14.0. The molecule has 204 valence electrons. The van der Waals surface area contributed by atoms with Crippen LogP contribution in [-0.4, -0.2) is 17.2 Å². The molecular formula is C36H21BO6. The number of furan rings is 4. The van der Waals surface area contributed by atoms with Gasteiger partial charge in [-0.25, -0.2) is 0 Å². The molecule has 10 rings (SSSR count). The van der Waals surface area contributed by atoms with Crippen molar-refractivity contribution in [2.75, 3.05) is 0 Å². The normalized spacial score (nSPS) is 12.0. The van der Waals surface area contributed by atoms with Gasteiger partial charge in [-0.2, -0.15) is 0 Å². The summed E-state index contributed by atoms with van der Waals surface area (Å²) < 4.78 is 23.7. The molecule has 7 heteroatoms. The van der Waals surface area contributed by atoms with Crippen LogP contribution in [0.2, 0.25) is 0 Å². The number of benzene rings is 6. The lowest BCUT2D eigenvalue weighted by Crippen LogP contribution is -2.30. The van der Waals surface area contributed by atoms with Gasteiger partial charge in [-0.1, -0.05) is 72.8 Å². The van der Waals surface area contributed by atoms with Crippen LogP contribution in [0.25, 0.3) is 87.8 Å². The van der Waals surface area contributed by atoms with Gasteiger partial charge >= 0.3 is 7.12 Å². The number of hydrogen-bond acceptors (Lipinski definition) is 6. The van der Waals surface area contributed by atoms with Crippen LogP contribution in [0.1, 0.15) is 0 Å². The third-order valence-corrected chi connectivity index (χ3v) is 8.18. The Labute approximate surface area is 243 Å². The summed E-state index contributed by atoms with van der Waals surface area (Å²) in [4.78, 5) is 0. The minimum atomic E-state index is -1.65. The largest absolute Gasteiger partial charge is 0.493 e. The molecule has 0 spiro atoms. The first-order chi connectivity index (χ1) is 21.1. The first kappa shape index (κ1) is 24.1. The molecule has 10 aromatic rings. The van der Waals surface area contributed by atoms with Crippen molar-refractivity contribution in [3.63, 3.8) is 0 Å². The van der Waals surface area contributed by atoms with Gasteiger partial charge in [0.1, 0.15) is 44.7 Å². The van der Waals surface area contributed by atoms with Gasteiger partial charge in [-0.3, -0.25) is 0 Å². The van der Waals surface area contributed by atoms with E-state index in [2.05, 4.69) is 24.3 Å². The van der Waals surface area contributed by atoms with Gasteiger partial charge in [-0.15, -0.1) is 0 Å². The monoisotopic (exact) mass is 560 g/mol. The molecule has 4 aromatic heterocycles. The number of fused-ring (bicyclic) bond motifs is 12. The molecule has 0 bridgehead atoms. The maximum atomic E-state index is 9.98. The lowest BCUT2D eigenvalue weighted by atomic mass is 9.76. The van der Waals surface area contributed by atoms with Crippen molar-refractivity contribution in [1.82, 2.24) is 0 Å². The summed E-state index contributed by atoms with van der Waals surface area (Å²) >= 11 is 0. The smallest absolute Gasteiger partial charge is 0.456 e. The lowest BCUT2D eigenvalue weighted by molar-refractivity contribution is 0.426. The van der Waals surface area contributed by atoms with E-state index in [0.717, 1.165) is 60.0 Å². The van der Waals surface area contributed by atoms with Gasteiger partial charge in [-0.05, 0) is 42.5 Å². The van der Waals surface area contributed by atoms with Crippen LogP contribution in [0.5, 0.6) is 0 Å². The zero-order chi connectivity index (χ0) is 28.7. The number of hydrogen-bond donors (Lipinski definition) is 2. The highest BCUT2D eigenvalue weighted by Crippen LogP contribution is 2.37. The average Bonchev–Trinajstić information content (AvgIpc) is 3.78. The molecule has 6 aromatic carbocycles. The molecule has 0 saturated heterocycles. The predicted octanol–water partition coefficient (Wildman–Crippen LogP) is 8.65. The minimum absolute atomic E-state index is 0.346. The molecule has 0 fully saturated rings. The van der Waals surface area contributed by atoms with Gasteiger partial charge in [0.2, 0.25) is 0 Å². The summed E-state index contributed by atoms with van der Waals surface area (Å²) in [6, 6.07) is 37.4. The quantitative estimate of drug-likeness (QED) is 0.195. The second-order valence-electron chi connectivity index (χ2n) is 10.7. The molecule has 2 N–H and O–H groups in total. The highest BCUT2D eigenvalue weighted by atomic mass is 16.4. The van der Waals surface area contributed by atoms with Crippen LogP contribution in [0.15, 0.2) is 133 Å². The SMILES string of the molecule is OB(O)c1c2oc3ccccc3c2cc2oc3ccccc3c12.c1ccc2c(c1)oc1cc3c(cc12)oc1ccccc13. The Morgan fingerprint density at radius 3 is 1.30 bits per heavy atom.